The minimum absolute atomic E-state index is 0.185. The lowest BCUT2D eigenvalue weighted by atomic mass is 10.1. The number of carbonyl (C=O) groups excluding carboxylic acids is 1. The third-order valence-electron chi connectivity index (χ3n) is 3.20. The number of thiocyanates is 1. The smallest absolute Gasteiger partial charge is 0.255 e. The number of ether oxygens (including phenoxy) is 1. The number of hydrogen-bond donors (Lipinski definition) is 1. The maximum absolute atomic E-state index is 12.3. The van der Waals surface area contributed by atoms with Crippen LogP contribution in [-0.4, -0.2) is 12.5 Å². The van der Waals surface area contributed by atoms with Crippen molar-refractivity contribution in [3.63, 3.8) is 0 Å². The van der Waals surface area contributed by atoms with Gasteiger partial charge in [-0.2, -0.15) is 5.26 Å². The first kappa shape index (κ1) is 14.2. The molecule has 0 unspecified atom stereocenters. The summed E-state index contributed by atoms with van der Waals surface area (Å²) in [5.74, 6) is 0.604. The molecule has 0 fully saturated rings. The summed E-state index contributed by atoms with van der Waals surface area (Å²) in [7, 11) is 0. The molecule has 5 heteroatoms. The Hall–Kier alpha value is -2.71. The Morgan fingerprint density at radius 1 is 1.18 bits per heavy atom. The van der Waals surface area contributed by atoms with Crippen molar-refractivity contribution in [3.8, 4) is 11.2 Å². The predicted molar refractivity (Wildman–Crippen MR) is 86.5 cm³/mol. The van der Waals surface area contributed by atoms with Crippen molar-refractivity contribution in [3.05, 3.63) is 59.7 Å². The van der Waals surface area contributed by atoms with Gasteiger partial charge in [-0.25, -0.2) is 0 Å². The second-order valence-corrected chi connectivity index (χ2v) is 5.53. The lowest BCUT2D eigenvalue weighted by molar-refractivity contribution is -0.113. The maximum atomic E-state index is 12.3. The Bertz CT molecular complexity index is 776. The maximum Gasteiger partial charge on any atom is 0.255 e. The van der Waals surface area contributed by atoms with E-state index in [0.29, 0.717) is 11.3 Å². The van der Waals surface area contributed by atoms with Gasteiger partial charge in [-0.1, -0.05) is 18.2 Å². The fourth-order valence-electron chi connectivity index (χ4n) is 2.12. The van der Waals surface area contributed by atoms with Crippen LogP contribution in [0.1, 0.15) is 5.56 Å². The molecule has 2 aromatic carbocycles. The number of hydrogen-bond acceptors (Lipinski definition) is 4. The number of amides is 1. The number of nitrogens with zero attached hydrogens (tertiary/aromatic N) is 1. The summed E-state index contributed by atoms with van der Waals surface area (Å²) in [6.07, 6.45) is 1.84. The first-order valence-corrected chi connectivity index (χ1v) is 7.47. The lowest BCUT2D eigenvalue weighted by Crippen LogP contribution is -2.21. The number of rotatable bonds is 3. The van der Waals surface area contributed by atoms with Crippen LogP contribution in [0.2, 0.25) is 0 Å². The molecular formula is C17H12N2O2S. The van der Waals surface area contributed by atoms with Gasteiger partial charge in [0.1, 0.15) is 17.8 Å². The van der Waals surface area contributed by atoms with Crippen LogP contribution in [0, 0.1) is 10.7 Å². The normalized spacial score (nSPS) is 12.4. The van der Waals surface area contributed by atoms with Gasteiger partial charge in [0.15, 0.2) is 0 Å². The summed E-state index contributed by atoms with van der Waals surface area (Å²) < 4.78 is 5.58. The number of carbonyl (C=O) groups is 1. The molecule has 1 aliphatic heterocycles. The molecule has 0 aliphatic carbocycles. The number of nitriles is 1. The summed E-state index contributed by atoms with van der Waals surface area (Å²) in [6, 6.07) is 14.7. The molecule has 0 saturated heterocycles. The van der Waals surface area contributed by atoms with E-state index in [0.717, 1.165) is 28.0 Å². The standard InChI is InChI=1S/C17H12N2O2S/c18-11-22-15-7-5-14(6-8-15)19-17(20)13-9-12-3-1-2-4-16(12)21-10-13/h1-9H,10H2,(H,19,20). The highest BCUT2D eigenvalue weighted by molar-refractivity contribution is 8.03. The van der Waals surface area contributed by atoms with Gasteiger partial charge in [0.2, 0.25) is 0 Å². The predicted octanol–water partition coefficient (Wildman–Crippen LogP) is 3.67. The van der Waals surface area contributed by atoms with Crippen LogP contribution >= 0.6 is 11.8 Å². The van der Waals surface area contributed by atoms with E-state index in [2.05, 4.69) is 5.32 Å². The highest BCUT2D eigenvalue weighted by Crippen LogP contribution is 2.26. The molecule has 0 radical (unpaired) electrons. The van der Waals surface area contributed by atoms with Crippen molar-refractivity contribution in [2.45, 2.75) is 4.90 Å². The molecule has 0 atom stereocenters. The summed E-state index contributed by atoms with van der Waals surface area (Å²) in [6.45, 7) is 0.255. The van der Waals surface area contributed by atoms with Crippen LogP contribution < -0.4 is 10.1 Å². The Morgan fingerprint density at radius 2 is 1.95 bits per heavy atom. The molecule has 108 valence electrons. The van der Waals surface area contributed by atoms with Crippen molar-refractivity contribution in [2.24, 2.45) is 0 Å². The van der Waals surface area contributed by atoms with Crippen molar-refractivity contribution >= 4 is 29.4 Å². The molecule has 4 nitrogen and oxygen atoms in total. The molecule has 3 rings (SSSR count). The van der Waals surface area contributed by atoms with Gasteiger partial charge in [-0.15, -0.1) is 0 Å². The molecule has 0 bridgehead atoms. The van der Waals surface area contributed by atoms with E-state index >= 15 is 0 Å². The molecule has 0 aromatic heterocycles. The highest BCUT2D eigenvalue weighted by atomic mass is 32.2. The third-order valence-corrected chi connectivity index (χ3v) is 3.80. The quantitative estimate of drug-likeness (QED) is 0.694. The summed E-state index contributed by atoms with van der Waals surface area (Å²) in [5, 5.41) is 13.4. The number of para-hydroxylation sites is 1. The zero-order valence-corrected chi connectivity index (χ0v) is 12.4. The van der Waals surface area contributed by atoms with E-state index in [1.807, 2.05) is 35.7 Å². The molecule has 0 spiro atoms. The molecule has 0 saturated carbocycles. The van der Waals surface area contributed by atoms with Gasteiger partial charge in [-0.05, 0) is 48.2 Å². The van der Waals surface area contributed by atoms with E-state index in [1.54, 1.807) is 24.3 Å². The van der Waals surface area contributed by atoms with Crippen LogP contribution in [0.5, 0.6) is 5.75 Å². The van der Waals surface area contributed by atoms with E-state index in [1.165, 1.54) is 0 Å². The Balaban J connectivity index is 1.73. The van der Waals surface area contributed by atoms with Crippen LogP contribution in [0.15, 0.2) is 59.0 Å². The number of nitrogens with one attached hydrogen (secondary N) is 1. The minimum Gasteiger partial charge on any atom is -0.488 e. The highest BCUT2D eigenvalue weighted by Gasteiger charge is 2.16. The molecular weight excluding hydrogens is 296 g/mol. The van der Waals surface area contributed by atoms with Crippen molar-refractivity contribution in [1.82, 2.24) is 0 Å². The minimum atomic E-state index is -0.185. The molecule has 1 amide bonds. The second kappa shape index (κ2) is 6.37. The molecule has 2 aromatic rings. The Labute approximate surface area is 132 Å². The number of thioether (sulfide) groups is 1. The first-order chi connectivity index (χ1) is 10.8. The van der Waals surface area contributed by atoms with Crippen LogP contribution in [0.4, 0.5) is 5.69 Å². The SMILES string of the molecule is N#CSc1ccc(NC(=O)C2=Cc3ccccc3OC2)cc1. The van der Waals surface area contributed by atoms with Crippen molar-refractivity contribution in [1.29, 1.82) is 5.26 Å². The topological polar surface area (TPSA) is 62.1 Å². The Kier molecular flexibility index (Phi) is 4.12. The molecule has 1 heterocycles. The average Bonchev–Trinajstić information content (AvgIpc) is 2.56. The van der Waals surface area contributed by atoms with Gasteiger partial charge < -0.3 is 10.1 Å². The van der Waals surface area contributed by atoms with Crippen LogP contribution in [-0.2, 0) is 4.79 Å². The van der Waals surface area contributed by atoms with Gasteiger partial charge >= 0.3 is 0 Å². The summed E-state index contributed by atoms with van der Waals surface area (Å²) in [4.78, 5) is 13.1. The van der Waals surface area contributed by atoms with Gasteiger partial charge in [0.05, 0.1) is 5.57 Å². The van der Waals surface area contributed by atoms with E-state index < -0.39 is 0 Å². The van der Waals surface area contributed by atoms with Crippen molar-refractivity contribution < 1.29 is 9.53 Å². The second-order valence-electron chi connectivity index (χ2n) is 4.67. The van der Waals surface area contributed by atoms with Crippen LogP contribution in [0.3, 0.4) is 0 Å². The monoisotopic (exact) mass is 308 g/mol. The Morgan fingerprint density at radius 3 is 2.73 bits per heavy atom. The van der Waals surface area contributed by atoms with E-state index in [-0.39, 0.29) is 12.5 Å². The number of fused-ring (bicyclic) bond motifs is 1. The zero-order valence-electron chi connectivity index (χ0n) is 11.6. The van der Waals surface area contributed by atoms with Crippen molar-refractivity contribution in [2.75, 3.05) is 11.9 Å². The van der Waals surface area contributed by atoms with E-state index in [4.69, 9.17) is 10.00 Å². The summed E-state index contributed by atoms with van der Waals surface area (Å²) in [5.41, 5.74) is 2.17. The zero-order chi connectivity index (χ0) is 15.4. The average molecular weight is 308 g/mol. The first-order valence-electron chi connectivity index (χ1n) is 6.66. The largest absolute Gasteiger partial charge is 0.488 e. The molecule has 1 N–H and O–H groups in total. The van der Waals surface area contributed by atoms with Gasteiger partial charge in [0, 0.05) is 16.1 Å². The molecule has 1 aliphatic rings. The summed E-state index contributed by atoms with van der Waals surface area (Å²) >= 11 is 1.08. The van der Waals surface area contributed by atoms with E-state index in [9.17, 15) is 4.79 Å². The van der Waals surface area contributed by atoms with Gasteiger partial charge in [0.25, 0.3) is 5.91 Å². The number of benzene rings is 2. The van der Waals surface area contributed by atoms with Crippen LogP contribution in [0.25, 0.3) is 6.08 Å². The number of anilines is 1. The van der Waals surface area contributed by atoms with Gasteiger partial charge in [-0.3, -0.25) is 4.79 Å². The lowest BCUT2D eigenvalue weighted by Gasteiger charge is -2.17. The third kappa shape index (κ3) is 3.13. The fourth-order valence-corrected chi connectivity index (χ4v) is 2.50. The fraction of sp³-hybridized carbons (Fsp3) is 0.0588. The molecule has 22 heavy (non-hydrogen) atoms.